The predicted molar refractivity (Wildman–Crippen MR) is 144 cm³/mol. The van der Waals surface area contributed by atoms with Crippen LogP contribution in [-0.2, 0) is 30.5 Å². The van der Waals surface area contributed by atoms with Gasteiger partial charge in [0.15, 0.2) is 0 Å². The van der Waals surface area contributed by atoms with Crippen molar-refractivity contribution < 1.29 is 38.1 Å². The van der Waals surface area contributed by atoms with Gasteiger partial charge in [0.1, 0.15) is 29.6 Å². The summed E-state index contributed by atoms with van der Waals surface area (Å²) in [5.74, 6) is -2.46. The van der Waals surface area contributed by atoms with Crippen LogP contribution in [0.15, 0.2) is 36.4 Å². The van der Waals surface area contributed by atoms with Crippen molar-refractivity contribution in [2.45, 2.75) is 50.5 Å². The number of methoxy groups -OCH3 is 3. The highest BCUT2D eigenvalue weighted by molar-refractivity contribution is 6.76. The van der Waals surface area contributed by atoms with Crippen molar-refractivity contribution in [3.8, 4) is 17.2 Å². The van der Waals surface area contributed by atoms with E-state index < -0.39 is 43.7 Å². The molecular weight excluding hydrogens is 504 g/mol. The highest BCUT2D eigenvalue weighted by Crippen LogP contribution is 2.55. The summed E-state index contributed by atoms with van der Waals surface area (Å²) >= 11 is 0. The number of hydrogen-bond donors (Lipinski definition) is 0. The minimum atomic E-state index is -1.43. The standard InChI is InChI=1S/C29H36O8Si/c1-33-18-9-10-20-21(13-18)25-23(30)15-22(20)26(28(31)36-11-12-38(4,5)6)27(25)29(32)37-16-17-7-8-19(34-2)14-24(17)35-3/h7-10,13-14,22,25-27H,11-12,15-16H2,1-6H3. The first-order chi connectivity index (χ1) is 18.1. The molecule has 38 heavy (non-hydrogen) atoms. The number of ether oxygens (including phenoxy) is 5. The molecule has 0 spiro atoms. The van der Waals surface area contributed by atoms with E-state index in [1.807, 2.05) is 12.1 Å². The molecule has 3 aliphatic rings. The summed E-state index contributed by atoms with van der Waals surface area (Å²) in [7, 11) is 3.20. The lowest BCUT2D eigenvalue weighted by Crippen LogP contribution is -2.50. The molecule has 1 saturated carbocycles. The van der Waals surface area contributed by atoms with Gasteiger partial charge in [0, 0.05) is 32.0 Å². The third kappa shape index (κ3) is 5.57. The van der Waals surface area contributed by atoms with Gasteiger partial charge in [-0.05, 0) is 41.4 Å². The van der Waals surface area contributed by atoms with Gasteiger partial charge in [-0.15, -0.1) is 0 Å². The summed E-state index contributed by atoms with van der Waals surface area (Å²) in [6.45, 7) is 6.85. The Morgan fingerprint density at radius 2 is 1.50 bits per heavy atom. The Kier molecular flexibility index (Phi) is 8.15. The van der Waals surface area contributed by atoms with Crippen molar-refractivity contribution in [1.29, 1.82) is 0 Å². The van der Waals surface area contributed by atoms with Gasteiger partial charge in [-0.2, -0.15) is 0 Å². The summed E-state index contributed by atoms with van der Waals surface area (Å²) in [5.41, 5.74) is 2.26. The molecule has 5 rings (SSSR count). The van der Waals surface area contributed by atoms with Gasteiger partial charge in [0.05, 0.1) is 45.7 Å². The van der Waals surface area contributed by atoms with Crippen molar-refractivity contribution in [2.24, 2.45) is 11.8 Å². The SMILES string of the molecule is COc1ccc(COC(=O)C2C3C(=O)CC(c4ccc(OC)cc43)C2C(=O)OCC[Si](C)(C)C)c(OC)c1. The first kappa shape index (κ1) is 27.7. The Bertz CT molecular complexity index is 1220. The average Bonchev–Trinajstić information content (AvgIpc) is 2.90. The van der Waals surface area contributed by atoms with Gasteiger partial charge in [0.25, 0.3) is 0 Å². The van der Waals surface area contributed by atoms with E-state index in [4.69, 9.17) is 23.7 Å². The number of rotatable bonds is 10. The van der Waals surface area contributed by atoms with Crippen molar-refractivity contribution in [1.82, 2.24) is 0 Å². The molecule has 0 saturated heterocycles. The van der Waals surface area contributed by atoms with Crippen LogP contribution < -0.4 is 14.2 Å². The molecule has 0 aliphatic heterocycles. The van der Waals surface area contributed by atoms with E-state index in [-0.39, 0.29) is 18.8 Å². The van der Waals surface area contributed by atoms with Crippen molar-refractivity contribution >= 4 is 25.8 Å². The number of esters is 2. The average molecular weight is 541 g/mol. The molecule has 3 aliphatic carbocycles. The van der Waals surface area contributed by atoms with Gasteiger partial charge >= 0.3 is 11.9 Å². The van der Waals surface area contributed by atoms with Crippen molar-refractivity contribution in [2.75, 3.05) is 27.9 Å². The highest BCUT2D eigenvalue weighted by Gasteiger charge is 2.58. The summed E-state index contributed by atoms with van der Waals surface area (Å²) in [6, 6.07) is 11.5. The molecule has 204 valence electrons. The van der Waals surface area contributed by atoms with Gasteiger partial charge in [-0.25, -0.2) is 0 Å². The number of fused-ring (bicyclic) bond motifs is 2. The van der Waals surface area contributed by atoms with E-state index >= 15 is 0 Å². The van der Waals surface area contributed by atoms with Crippen LogP contribution in [0.25, 0.3) is 0 Å². The zero-order chi connectivity index (χ0) is 27.6. The molecule has 1 fully saturated rings. The van der Waals surface area contributed by atoms with E-state index in [9.17, 15) is 14.4 Å². The zero-order valence-electron chi connectivity index (χ0n) is 22.9. The summed E-state index contributed by atoms with van der Waals surface area (Å²) in [5, 5.41) is 0. The molecule has 0 N–H and O–H groups in total. The van der Waals surface area contributed by atoms with E-state index in [1.54, 1.807) is 38.5 Å². The third-order valence-electron chi connectivity index (χ3n) is 7.48. The first-order valence-corrected chi connectivity index (χ1v) is 16.5. The van der Waals surface area contributed by atoms with E-state index in [2.05, 4.69) is 19.6 Å². The van der Waals surface area contributed by atoms with Gasteiger partial charge in [0.2, 0.25) is 0 Å². The molecule has 0 radical (unpaired) electrons. The fourth-order valence-corrected chi connectivity index (χ4v) is 6.16. The zero-order valence-corrected chi connectivity index (χ0v) is 23.9. The fraction of sp³-hybridized carbons (Fsp3) is 0.483. The first-order valence-electron chi connectivity index (χ1n) is 12.8. The van der Waals surface area contributed by atoms with Crippen LogP contribution in [0.5, 0.6) is 17.2 Å². The maximum atomic E-state index is 13.7. The van der Waals surface area contributed by atoms with Gasteiger partial charge < -0.3 is 23.7 Å². The number of ketones is 1. The number of carbonyl (C=O) groups is 3. The smallest absolute Gasteiger partial charge is 0.311 e. The van der Waals surface area contributed by atoms with Crippen LogP contribution in [0.3, 0.4) is 0 Å². The molecule has 2 bridgehead atoms. The lowest BCUT2D eigenvalue weighted by atomic mass is 9.55. The molecular formula is C29H36O8Si. The summed E-state index contributed by atoms with van der Waals surface area (Å²) in [4.78, 5) is 40.4. The molecule has 2 aromatic carbocycles. The number of carbonyl (C=O) groups excluding carboxylic acids is 3. The summed E-state index contributed by atoms with van der Waals surface area (Å²) < 4.78 is 27.5. The Morgan fingerprint density at radius 1 is 0.842 bits per heavy atom. The topological polar surface area (TPSA) is 97.4 Å². The second-order valence-electron chi connectivity index (χ2n) is 11.1. The summed E-state index contributed by atoms with van der Waals surface area (Å²) in [6.07, 6.45) is 0.188. The van der Waals surface area contributed by atoms with Crippen molar-refractivity contribution in [3.63, 3.8) is 0 Å². The Labute approximate surface area is 224 Å². The van der Waals surface area contributed by atoms with E-state index in [0.29, 0.717) is 29.4 Å². The monoisotopic (exact) mass is 540 g/mol. The van der Waals surface area contributed by atoms with Crippen LogP contribution in [0.1, 0.15) is 34.9 Å². The predicted octanol–water partition coefficient (Wildman–Crippen LogP) is 4.72. The maximum Gasteiger partial charge on any atom is 0.311 e. The molecule has 8 nitrogen and oxygen atoms in total. The molecule has 0 heterocycles. The largest absolute Gasteiger partial charge is 0.497 e. The molecule has 2 aromatic rings. The van der Waals surface area contributed by atoms with Crippen molar-refractivity contribution in [3.05, 3.63) is 53.1 Å². The maximum absolute atomic E-state index is 13.7. The van der Waals surface area contributed by atoms with Gasteiger partial charge in [-0.1, -0.05) is 25.7 Å². The van der Waals surface area contributed by atoms with Gasteiger partial charge in [-0.3, -0.25) is 14.4 Å². The number of benzene rings is 2. The lowest BCUT2D eigenvalue weighted by Gasteiger charge is -2.46. The van der Waals surface area contributed by atoms with Crippen LogP contribution in [0.2, 0.25) is 25.7 Å². The number of hydrogen-bond acceptors (Lipinski definition) is 8. The van der Waals surface area contributed by atoms with E-state index in [1.165, 1.54) is 7.11 Å². The minimum Gasteiger partial charge on any atom is -0.497 e. The van der Waals surface area contributed by atoms with Crippen LogP contribution in [-0.4, -0.2) is 53.7 Å². The highest BCUT2D eigenvalue weighted by atomic mass is 28.3. The Balaban J connectivity index is 1.64. The number of Topliss-reactive ketones (excluding diaryl/α,β-unsaturated/α-hetero) is 1. The quantitative estimate of drug-likeness (QED) is 0.315. The normalized spacial score (nSPS) is 21.9. The van der Waals surface area contributed by atoms with Crippen LogP contribution in [0, 0.1) is 11.8 Å². The van der Waals surface area contributed by atoms with Crippen LogP contribution >= 0.6 is 0 Å². The molecule has 4 unspecified atom stereocenters. The van der Waals surface area contributed by atoms with Crippen LogP contribution in [0.4, 0.5) is 0 Å². The molecule has 4 atom stereocenters. The lowest BCUT2D eigenvalue weighted by molar-refractivity contribution is -0.168. The fourth-order valence-electron chi connectivity index (χ4n) is 5.45. The van der Waals surface area contributed by atoms with E-state index in [0.717, 1.165) is 17.2 Å². The Hall–Kier alpha value is -3.33. The third-order valence-corrected chi connectivity index (χ3v) is 9.18. The molecule has 9 heteroatoms. The molecule has 0 aromatic heterocycles. The second kappa shape index (κ2) is 11.2. The Morgan fingerprint density at radius 3 is 2.16 bits per heavy atom. The second-order valence-corrected chi connectivity index (χ2v) is 16.7. The molecule has 0 amide bonds. The minimum absolute atomic E-state index is 0.0730.